The number of ether oxygens (including phenoxy) is 2. The highest BCUT2D eigenvalue weighted by atomic mass is 19.4. The first-order chi connectivity index (χ1) is 14.3. The molecule has 1 heterocycles. The summed E-state index contributed by atoms with van der Waals surface area (Å²) in [6.45, 7) is 0.980. The Kier molecular flexibility index (Phi) is 6.55. The lowest BCUT2D eigenvalue weighted by Gasteiger charge is -2.38. The number of carboxylic acids is 1. The normalized spacial score (nSPS) is 16.8. The van der Waals surface area contributed by atoms with Crippen LogP contribution in [0, 0.1) is 5.92 Å². The van der Waals surface area contributed by atoms with E-state index < -0.39 is 29.7 Å². The zero-order chi connectivity index (χ0) is 21.9. The van der Waals surface area contributed by atoms with Gasteiger partial charge in [-0.15, -0.1) is 0 Å². The molecule has 0 saturated carbocycles. The minimum Gasteiger partial charge on any atom is -0.496 e. The van der Waals surface area contributed by atoms with Crippen LogP contribution in [0.3, 0.4) is 0 Å². The Balaban J connectivity index is 2.06. The zero-order valence-corrected chi connectivity index (χ0v) is 16.8. The Morgan fingerprint density at radius 3 is 2.00 bits per heavy atom. The van der Waals surface area contributed by atoms with E-state index in [1.165, 1.54) is 26.4 Å². The molecule has 0 radical (unpaired) electrons. The summed E-state index contributed by atoms with van der Waals surface area (Å²) in [6, 6.07) is 9.95. The SMILES string of the molecule is COc1cccc(OC)c1C(c1ccc(C(F)(F)F)cc1)N1CCC(C(=O)O)CC1. The van der Waals surface area contributed by atoms with Gasteiger partial charge in [0, 0.05) is 0 Å². The van der Waals surface area contributed by atoms with Gasteiger partial charge in [0.15, 0.2) is 0 Å². The number of carbonyl (C=O) groups is 1. The molecule has 1 N–H and O–H groups in total. The van der Waals surface area contributed by atoms with E-state index in [0.717, 1.165) is 12.1 Å². The van der Waals surface area contributed by atoms with Crippen molar-refractivity contribution in [1.82, 2.24) is 4.90 Å². The highest BCUT2D eigenvalue weighted by Crippen LogP contribution is 2.42. The molecule has 0 aromatic heterocycles. The third-order valence-corrected chi connectivity index (χ3v) is 5.54. The number of rotatable bonds is 6. The van der Waals surface area contributed by atoms with Crippen LogP contribution in [0.1, 0.15) is 35.6 Å². The van der Waals surface area contributed by atoms with E-state index in [0.29, 0.717) is 48.6 Å². The van der Waals surface area contributed by atoms with Crippen molar-refractivity contribution in [2.75, 3.05) is 27.3 Å². The molecule has 1 atom stereocenters. The number of aliphatic carboxylic acids is 1. The van der Waals surface area contributed by atoms with Crippen molar-refractivity contribution in [3.05, 3.63) is 59.2 Å². The molecule has 3 rings (SSSR count). The first-order valence-electron chi connectivity index (χ1n) is 9.61. The monoisotopic (exact) mass is 423 g/mol. The quantitative estimate of drug-likeness (QED) is 0.736. The Morgan fingerprint density at radius 1 is 1.03 bits per heavy atom. The van der Waals surface area contributed by atoms with Gasteiger partial charge in [-0.05, 0) is 55.8 Å². The lowest BCUT2D eigenvalue weighted by Crippen LogP contribution is -2.39. The van der Waals surface area contributed by atoms with Crippen LogP contribution in [0.5, 0.6) is 11.5 Å². The second-order valence-electron chi connectivity index (χ2n) is 7.25. The largest absolute Gasteiger partial charge is 0.496 e. The van der Waals surface area contributed by atoms with Crippen molar-refractivity contribution < 1.29 is 32.5 Å². The van der Waals surface area contributed by atoms with E-state index in [9.17, 15) is 23.1 Å². The van der Waals surface area contributed by atoms with E-state index in [1.54, 1.807) is 18.2 Å². The summed E-state index contributed by atoms with van der Waals surface area (Å²) in [6.07, 6.45) is -3.50. The van der Waals surface area contributed by atoms with E-state index in [-0.39, 0.29) is 0 Å². The standard InChI is InChI=1S/C22H24F3NO4/c1-29-17-4-3-5-18(30-2)19(17)20(26-12-10-15(11-13-26)21(27)28)14-6-8-16(9-7-14)22(23,24)25/h3-9,15,20H,10-13H2,1-2H3,(H,27,28). The molecule has 0 amide bonds. The second-order valence-corrected chi connectivity index (χ2v) is 7.25. The maximum absolute atomic E-state index is 13.0. The third kappa shape index (κ3) is 4.53. The molecule has 2 aromatic rings. The van der Waals surface area contributed by atoms with Crippen LogP contribution in [0.4, 0.5) is 13.2 Å². The average Bonchev–Trinajstić information content (AvgIpc) is 2.74. The molecule has 0 spiro atoms. The van der Waals surface area contributed by atoms with E-state index >= 15 is 0 Å². The fourth-order valence-electron chi connectivity index (χ4n) is 3.97. The number of likely N-dealkylation sites (tertiary alicyclic amines) is 1. The van der Waals surface area contributed by atoms with Crippen molar-refractivity contribution in [2.24, 2.45) is 5.92 Å². The van der Waals surface area contributed by atoms with Crippen LogP contribution in [-0.4, -0.2) is 43.3 Å². The number of piperidine rings is 1. The molecule has 2 aromatic carbocycles. The molecule has 0 bridgehead atoms. The minimum absolute atomic E-state index is 0.422. The van der Waals surface area contributed by atoms with Crippen molar-refractivity contribution in [1.29, 1.82) is 0 Å². The molecule has 1 saturated heterocycles. The Hall–Kier alpha value is -2.74. The van der Waals surface area contributed by atoms with E-state index in [4.69, 9.17) is 9.47 Å². The number of benzene rings is 2. The Bertz CT molecular complexity index is 853. The van der Waals surface area contributed by atoms with Crippen LogP contribution in [-0.2, 0) is 11.0 Å². The fourth-order valence-corrected chi connectivity index (χ4v) is 3.97. The molecule has 1 unspecified atom stereocenters. The molecule has 30 heavy (non-hydrogen) atoms. The van der Waals surface area contributed by atoms with Crippen molar-refractivity contribution in [3.63, 3.8) is 0 Å². The van der Waals surface area contributed by atoms with Gasteiger partial charge >= 0.3 is 12.1 Å². The summed E-state index contributed by atoms with van der Waals surface area (Å²) in [5.41, 5.74) is 0.636. The molecule has 5 nitrogen and oxygen atoms in total. The van der Waals surface area contributed by atoms with Crippen molar-refractivity contribution >= 4 is 5.97 Å². The van der Waals surface area contributed by atoms with Crippen LogP contribution in [0.25, 0.3) is 0 Å². The minimum atomic E-state index is -4.42. The molecular weight excluding hydrogens is 399 g/mol. The summed E-state index contributed by atoms with van der Waals surface area (Å²) in [5.74, 6) is -0.135. The van der Waals surface area contributed by atoms with Gasteiger partial charge in [0.1, 0.15) is 11.5 Å². The van der Waals surface area contributed by atoms with Crippen molar-refractivity contribution in [2.45, 2.75) is 25.1 Å². The number of hydrogen-bond acceptors (Lipinski definition) is 4. The number of nitrogens with zero attached hydrogens (tertiary/aromatic N) is 1. The summed E-state index contributed by atoms with van der Waals surface area (Å²) in [5, 5.41) is 9.30. The highest BCUT2D eigenvalue weighted by Gasteiger charge is 2.35. The van der Waals surface area contributed by atoms with Crippen LogP contribution in [0.15, 0.2) is 42.5 Å². The zero-order valence-electron chi connectivity index (χ0n) is 16.8. The molecule has 8 heteroatoms. The Labute approximate surface area is 173 Å². The number of hydrogen-bond donors (Lipinski definition) is 1. The van der Waals surface area contributed by atoms with Gasteiger partial charge in [0.2, 0.25) is 0 Å². The smallest absolute Gasteiger partial charge is 0.416 e. The predicted octanol–water partition coefficient (Wildman–Crippen LogP) is 4.61. The van der Waals surface area contributed by atoms with Crippen molar-refractivity contribution in [3.8, 4) is 11.5 Å². The van der Waals surface area contributed by atoms with Gasteiger partial charge in [-0.2, -0.15) is 13.2 Å². The van der Waals surface area contributed by atoms with E-state index in [1.807, 2.05) is 0 Å². The molecule has 162 valence electrons. The van der Waals surface area contributed by atoms with Crippen LogP contribution < -0.4 is 9.47 Å². The molecule has 0 aliphatic carbocycles. The number of methoxy groups -OCH3 is 2. The van der Waals surface area contributed by atoms with Gasteiger partial charge < -0.3 is 14.6 Å². The van der Waals surface area contributed by atoms with Gasteiger partial charge in [-0.25, -0.2) is 0 Å². The molecule has 1 aliphatic heterocycles. The van der Waals surface area contributed by atoms with Gasteiger partial charge in [0.05, 0.1) is 37.3 Å². The number of carboxylic acid groups (broad SMARTS) is 1. The molecule has 1 fully saturated rings. The fraction of sp³-hybridized carbons (Fsp3) is 0.409. The third-order valence-electron chi connectivity index (χ3n) is 5.54. The summed E-state index contributed by atoms with van der Waals surface area (Å²) < 4.78 is 50.2. The summed E-state index contributed by atoms with van der Waals surface area (Å²) >= 11 is 0. The first kappa shape index (κ1) is 22.0. The lowest BCUT2D eigenvalue weighted by molar-refractivity contribution is -0.143. The van der Waals surface area contributed by atoms with Gasteiger partial charge in [0.25, 0.3) is 0 Å². The Morgan fingerprint density at radius 2 is 1.57 bits per heavy atom. The van der Waals surface area contributed by atoms with Gasteiger partial charge in [-0.1, -0.05) is 18.2 Å². The predicted molar refractivity (Wildman–Crippen MR) is 105 cm³/mol. The highest BCUT2D eigenvalue weighted by molar-refractivity contribution is 5.70. The van der Waals surface area contributed by atoms with Crippen LogP contribution in [0.2, 0.25) is 0 Å². The number of alkyl halides is 3. The molecular formula is C22H24F3NO4. The average molecular weight is 423 g/mol. The lowest BCUT2D eigenvalue weighted by atomic mass is 9.90. The molecule has 1 aliphatic rings. The number of halogens is 3. The summed E-state index contributed by atoms with van der Waals surface area (Å²) in [7, 11) is 3.05. The second kappa shape index (κ2) is 8.95. The summed E-state index contributed by atoms with van der Waals surface area (Å²) in [4.78, 5) is 13.4. The van der Waals surface area contributed by atoms with E-state index in [2.05, 4.69) is 4.90 Å². The topological polar surface area (TPSA) is 59.0 Å². The van der Waals surface area contributed by atoms with Crippen LogP contribution >= 0.6 is 0 Å². The first-order valence-corrected chi connectivity index (χ1v) is 9.61. The maximum Gasteiger partial charge on any atom is 0.416 e. The maximum atomic E-state index is 13.0. The van der Waals surface area contributed by atoms with Gasteiger partial charge in [-0.3, -0.25) is 9.69 Å².